The normalized spacial score (nSPS) is 23.3. The smallest absolute Gasteiger partial charge is 0.253 e. The lowest BCUT2D eigenvalue weighted by Crippen LogP contribution is -2.60. The molecule has 3 heterocycles. The molecule has 6 nitrogen and oxygen atoms in total. The van der Waals surface area contributed by atoms with E-state index in [1.54, 1.807) is 14.2 Å². The lowest BCUT2D eigenvalue weighted by atomic mass is 9.87. The Morgan fingerprint density at radius 3 is 2.32 bits per heavy atom. The zero-order valence-corrected chi connectivity index (χ0v) is 16.5. The molecule has 6 heteroatoms. The van der Waals surface area contributed by atoms with Crippen molar-refractivity contribution in [3.05, 3.63) is 59.9 Å². The average Bonchev–Trinajstić information content (AvgIpc) is 2.74. The van der Waals surface area contributed by atoms with Gasteiger partial charge in [-0.2, -0.15) is 0 Å². The number of hydrogen-bond donors (Lipinski definition) is 0. The molecule has 2 aromatic rings. The van der Waals surface area contributed by atoms with Crippen molar-refractivity contribution in [1.29, 1.82) is 0 Å². The molecule has 4 rings (SSSR count). The lowest BCUT2D eigenvalue weighted by molar-refractivity contribution is -0.115. The summed E-state index contributed by atoms with van der Waals surface area (Å²) in [6, 6.07) is 12.3. The third-order valence-electron chi connectivity index (χ3n) is 6.01. The quantitative estimate of drug-likeness (QED) is 0.797. The van der Waals surface area contributed by atoms with Crippen molar-refractivity contribution in [2.45, 2.75) is 31.0 Å². The minimum absolute atomic E-state index is 0.102. The molecule has 2 aliphatic heterocycles. The summed E-state index contributed by atoms with van der Waals surface area (Å²) in [6.07, 6.45) is 5.88. The maximum atomic E-state index is 12.8. The Morgan fingerprint density at radius 1 is 1.04 bits per heavy atom. The van der Waals surface area contributed by atoms with Crippen molar-refractivity contribution in [3.8, 4) is 5.75 Å². The number of carbonyl (C=O) groups excluding carboxylic acids is 1. The molecule has 1 aromatic heterocycles. The number of methoxy groups -OCH3 is 2. The molecule has 0 saturated carbocycles. The zero-order chi connectivity index (χ0) is 19.5. The molecule has 1 aromatic carbocycles. The number of hydrogen-bond acceptors (Lipinski definition) is 5. The Morgan fingerprint density at radius 2 is 1.71 bits per heavy atom. The van der Waals surface area contributed by atoms with Crippen LogP contribution in [0.1, 0.15) is 34.8 Å². The molecular weight excluding hydrogens is 354 g/mol. The number of piperidine rings is 1. The Hall–Kier alpha value is -2.44. The van der Waals surface area contributed by atoms with Crippen LogP contribution in [0.25, 0.3) is 0 Å². The van der Waals surface area contributed by atoms with Crippen molar-refractivity contribution in [2.24, 2.45) is 0 Å². The van der Waals surface area contributed by atoms with Gasteiger partial charge in [-0.25, -0.2) is 0 Å². The third-order valence-corrected chi connectivity index (χ3v) is 6.01. The number of nitrogens with zero attached hydrogens (tertiary/aromatic N) is 3. The summed E-state index contributed by atoms with van der Waals surface area (Å²) in [5.41, 5.74) is 1.97. The van der Waals surface area contributed by atoms with E-state index in [2.05, 4.69) is 22.0 Å². The number of carbonyl (C=O) groups is 1. The van der Waals surface area contributed by atoms with Gasteiger partial charge in [0.15, 0.2) is 0 Å². The Bertz CT molecular complexity index is 788. The van der Waals surface area contributed by atoms with Gasteiger partial charge in [0.1, 0.15) is 5.75 Å². The SMILES string of the molecule is COc1ccc(C(=O)N2CCC(N3CC(OC)C3c3ccncc3)CC2)cc1. The van der Waals surface area contributed by atoms with E-state index >= 15 is 0 Å². The second-order valence-corrected chi connectivity index (χ2v) is 7.45. The molecule has 1 amide bonds. The van der Waals surface area contributed by atoms with E-state index in [1.807, 2.05) is 41.6 Å². The van der Waals surface area contributed by atoms with Crippen LogP contribution in [0.3, 0.4) is 0 Å². The number of ether oxygens (including phenoxy) is 2. The predicted molar refractivity (Wildman–Crippen MR) is 106 cm³/mol. The highest BCUT2D eigenvalue weighted by molar-refractivity contribution is 5.94. The highest BCUT2D eigenvalue weighted by atomic mass is 16.5. The van der Waals surface area contributed by atoms with Crippen LogP contribution in [0.2, 0.25) is 0 Å². The molecule has 148 valence electrons. The summed E-state index contributed by atoms with van der Waals surface area (Å²) < 4.78 is 10.8. The number of likely N-dealkylation sites (tertiary alicyclic amines) is 2. The summed E-state index contributed by atoms with van der Waals surface area (Å²) in [5, 5.41) is 0. The Labute approximate surface area is 166 Å². The average molecular weight is 381 g/mol. The molecule has 0 spiro atoms. The lowest BCUT2D eigenvalue weighted by Gasteiger charge is -2.53. The summed E-state index contributed by atoms with van der Waals surface area (Å²) in [6.45, 7) is 2.51. The number of aromatic nitrogens is 1. The highest BCUT2D eigenvalue weighted by Gasteiger charge is 2.44. The molecular formula is C22H27N3O3. The van der Waals surface area contributed by atoms with E-state index in [1.165, 1.54) is 5.56 Å². The van der Waals surface area contributed by atoms with Gasteiger partial charge in [0, 0.05) is 50.7 Å². The van der Waals surface area contributed by atoms with Gasteiger partial charge < -0.3 is 14.4 Å². The maximum absolute atomic E-state index is 12.8. The molecule has 2 fully saturated rings. The first-order valence-corrected chi connectivity index (χ1v) is 9.83. The molecule has 0 N–H and O–H groups in total. The van der Waals surface area contributed by atoms with Gasteiger partial charge >= 0.3 is 0 Å². The molecule has 2 aliphatic rings. The number of amides is 1. The van der Waals surface area contributed by atoms with Gasteiger partial charge in [0.25, 0.3) is 5.91 Å². The van der Waals surface area contributed by atoms with E-state index in [0.717, 1.165) is 43.8 Å². The van der Waals surface area contributed by atoms with Crippen LogP contribution in [0.5, 0.6) is 5.75 Å². The van der Waals surface area contributed by atoms with Gasteiger partial charge in [-0.3, -0.25) is 14.7 Å². The van der Waals surface area contributed by atoms with E-state index in [-0.39, 0.29) is 18.1 Å². The Balaban J connectivity index is 1.37. The van der Waals surface area contributed by atoms with E-state index in [4.69, 9.17) is 9.47 Å². The topological polar surface area (TPSA) is 54.9 Å². The van der Waals surface area contributed by atoms with Crippen molar-refractivity contribution in [3.63, 3.8) is 0 Å². The monoisotopic (exact) mass is 381 g/mol. The third kappa shape index (κ3) is 3.62. The zero-order valence-electron chi connectivity index (χ0n) is 16.5. The highest BCUT2D eigenvalue weighted by Crippen LogP contribution is 2.39. The van der Waals surface area contributed by atoms with Gasteiger partial charge in [0.2, 0.25) is 0 Å². The second kappa shape index (κ2) is 8.29. The standard InChI is InChI=1S/C22H27N3O3/c1-27-19-5-3-17(4-6-19)22(26)24-13-9-18(10-14-24)25-15-20(28-2)21(25)16-7-11-23-12-8-16/h3-8,11-12,18,20-21H,9-10,13-15H2,1-2H3. The van der Waals surface area contributed by atoms with Gasteiger partial charge in [-0.1, -0.05) is 0 Å². The summed E-state index contributed by atoms with van der Waals surface area (Å²) in [5.74, 6) is 0.869. The van der Waals surface area contributed by atoms with Crippen molar-refractivity contribution < 1.29 is 14.3 Å². The Kier molecular flexibility index (Phi) is 5.59. The largest absolute Gasteiger partial charge is 0.497 e. The maximum Gasteiger partial charge on any atom is 0.253 e. The fourth-order valence-corrected chi connectivity index (χ4v) is 4.36. The summed E-state index contributed by atoms with van der Waals surface area (Å²) >= 11 is 0. The van der Waals surface area contributed by atoms with Gasteiger partial charge in [0.05, 0.1) is 19.3 Å². The molecule has 28 heavy (non-hydrogen) atoms. The first-order valence-electron chi connectivity index (χ1n) is 9.83. The fourth-order valence-electron chi connectivity index (χ4n) is 4.36. The van der Waals surface area contributed by atoms with Crippen LogP contribution in [-0.2, 0) is 4.74 Å². The molecule has 2 unspecified atom stereocenters. The minimum atomic E-state index is 0.102. The van der Waals surface area contributed by atoms with Crippen LogP contribution in [0, 0.1) is 0 Å². The van der Waals surface area contributed by atoms with E-state index in [9.17, 15) is 4.79 Å². The minimum Gasteiger partial charge on any atom is -0.497 e. The van der Waals surface area contributed by atoms with Gasteiger partial charge in [-0.05, 0) is 54.8 Å². The molecule has 2 saturated heterocycles. The molecule has 0 bridgehead atoms. The van der Waals surface area contributed by atoms with Crippen LogP contribution >= 0.6 is 0 Å². The van der Waals surface area contributed by atoms with Crippen molar-refractivity contribution >= 4 is 5.91 Å². The summed E-state index contributed by atoms with van der Waals surface area (Å²) in [4.78, 5) is 21.4. The fraction of sp³-hybridized carbons (Fsp3) is 0.455. The van der Waals surface area contributed by atoms with E-state index < -0.39 is 0 Å². The second-order valence-electron chi connectivity index (χ2n) is 7.45. The number of rotatable bonds is 5. The van der Waals surface area contributed by atoms with E-state index in [0.29, 0.717) is 6.04 Å². The first-order chi connectivity index (χ1) is 13.7. The van der Waals surface area contributed by atoms with Crippen LogP contribution in [0.4, 0.5) is 0 Å². The van der Waals surface area contributed by atoms with Gasteiger partial charge in [-0.15, -0.1) is 0 Å². The predicted octanol–water partition coefficient (Wildman–Crippen LogP) is 2.77. The molecule has 2 atom stereocenters. The molecule has 0 radical (unpaired) electrons. The first kappa shape index (κ1) is 18.9. The number of pyridine rings is 1. The molecule has 0 aliphatic carbocycles. The summed E-state index contributed by atoms with van der Waals surface area (Å²) in [7, 11) is 3.41. The van der Waals surface area contributed by atoms with Crippen LogP contribution < -0.4 is 4.74 Å². The van der Waals surface area contributed by atoms with Crippen LogP contribution in [0.15, 0.2) is 48.8 Å². The van der Waals surface area contributed by atoms with Crippen molar-refractivity contribution in [1.82, 2.24) is 14.8 Å². The van der Waals surface area contributed by atoms with Crippen molar-refractivity contribution in [2.75, 3.05) is 33.9 Å². The van der Waals surface area contributed by atoms with Crippen LogP contribution in [-0.4, -0.2) is 66.7 Å². The number of benzene rings is 1.